The zero-order valence-electron chi connectivity index (χ0n) is 10.3. The number of likely N-dealkylation sites (N-methyl/N-ethyl adjacent to an activating group) is 1. The number of aromatic nitrogens is 2. The van der Waals surface area contributed by atoms with Gasteiger partial charge in [-0.15, -0.1) is 0 Å². The number of rotatable bonds is 5. The number of hydrogen-bond acceptors (Lipinski definition) is 4. The fraction of sp³-hybridized carbons (Fsp3) is 0.667. The molecule has 1 aliphatic heterocycles. The number of ketones is 1. The van der Waals surface area contributed by atoms with Gasteiger partial charge in [-0.05, 0) is 19.5 Å². The van der Waals surface area contributed by atoms with Gasteiger partial charge in [-0.2, -0.15) is 5.10 Å². The van der Waals surface area contributed by atoms with Crippen LogP contribution in [0.5, 0.6) is 0 Å². The van der Waals surface area contributed by atoms with Crippen LogP contribution in [-0.4, -0.2) is 41.9 Å². The molecule has 1 N–H and O–H groups in total. The summed E-state index contributed by atoms with van der Waals surface area (Å²) in [4.78, 5) is 12.1. The molecule has 0 amide bonds. The molecule has 0 radical (unpaired) electrons. The summed E-state index contributed by atoms with van der Waals surface area (Å²) in [6, 6.07) is 0.156. The molecule has 1 saturated heterocycles. The van der Waals surface area contributed by atoms with Crippen LogP contribution in [0, 0.1) is 5.92 Å². The normalized spacial score (nSPS) is 24.1. The summed E-state index contributed by atoms with van der Waals surface area (Å²) in [5.41, 5.74) is 0.985. The highest BCUT2D eigenvalue weighted by Crippen LogP contribution is 2.16. The molecule has 1 aromatic rings. The molecular formula is C12H19N3O2. The lowest BCUT2D eigenvalue weighted by atomic mass is 9.95. The lowest BCUT2D eigenvalue weighted by Gasteiger charge is -2.14. The van der Waals surface area contributed by atoms with Gasteiger partial charge in [0.25, 0.3) is 0 Å². The predicted molar refractivity (Wildman–Crippen MR) is 63.8 cm³/mol. The fourth-order valence-electron chi connectivity index (χ4n) is 2.16. The highest BCUT2D eigenvalue weighted by Gasteiger charge is 2.32. The quantitative estimate of drug-likeness (QED) is 0.797. The third kappa shape index (κ3) is 2.73. The van der Waals surface area contributed by atoms with Crippen LogP contribution in [0.4, 0.5) is 0 Å². The van der Waals surface area contributed by atoms with Crippen LogP contribution in [0.3, 0.4) is 0 Å². The van der Waals surface area contributed by atoms with E-state index in [4.69, 9.17) is 4.74 Å². The summed E-state index contributed by atoms with van der Waals surface area (Å²) in [6.45, 7) is 4.02. The van der Waals surface area contributed by atoms with Crippen LogP contribution in [-0.2, 0) is 22.5 Å². The molecule has 1 aromatic heterocycles. The maximum Gasteiger partial charge on any atom is 0.144 e. The van der Waals surface area contributed by atoms with Gasteiger partial charge in [0.1, 0.15) is 5.78 Å². The molecule has 0 spiro atoms. The highest BCUT2D eigenvalue weighted by molar-refractivity contribution is 5.84. The Bertz CT molecular complexity index is 389. The first kappa shape index (κ1) is 12.3. The van der Waals surface area contributed by atoms with E-state index in [0.717, 1.165) is 12.1 Å². The summed E-state index contributed by atoms with van der Waals surface area (Å²) >= 11 is 0. The molecule has 94 valence electrons. The Morgan fingerprint density at radius 3 is 3.12 bits per heavy atom. The largest absolute Gasteiger partial charge is 0.379 e. The summed E-state index contributed by atoms with van der Waals surface area (Å²) in [6.07, 6.45) is 4.15. The van der Waals surface area contributed by atoms with Crippen molar-refractivity contribution >= 4 is 5.78 Å². The molecule has 0 aliphatic carbocycles. The highest BCUT2D eigenvalue weighted by atomic mass is 16.5. The standard InChI is InChI=1S/C12H19N3O2/c1-3-15-6-9(5-14-15)4-12(16)10-7-17-8-11(10)13-2/h5-6,10-11,13H,3-4,7-8H2,1-2H3. The minimum absolute atomic E-state index is 0.0232. The van der Waals surface area contributed by atoms with E-state index in [0.29, 0.717) is 19.6 Å². The third-order valence-corrected chi connectivity index (χ3v) is 3.25. The lowest BCUT2D eigenvalue weighted by molar-refractivity contribution is -0.122. The molecule has 0 aromatic carbocycles. The Labute approximate surface area is 101 Å². The van der Waals surface area contributed by atoms with E-state index in [2.05, 4.69) is 10.4 Å². The van der Waals surface area contributed by atoms with Crippen molar-refractivity contribution in [1.29, 1.82) is 0 Å². The molecule has 1 fully saturated rings. The van der Waals surface area contributed by atoms with Gasteiger partial charge in [0.05, 0.1) is 25.3 Å². The maximum absolute atomic E-state index is 12.1. The zero-order valence-corrected chi connectivity index (χ0v) is 10.3. The average molecular weight is 237 g/mol. The van der Waals surface area contributed by atoms with E-state index in [1.165, 1.54) is 0 Å². The molecule has 0 saturated carbocycles. The molecular weight excluding hydrogens is 218 g/mol. The minimum Gasteiger partial charge on any atom is -0.379 e. The molecule has 2 rings (SSSR count). The number of carbonyl (C=O) groups excluding carboxylic acids is 1. The second-order valence-electron chi connectivity index (χ2n) is 4.39. The number of aryl methyl sites for hydroxylation is 1. The molecule has 5 heteroatoms. The SMILES string of the molecule is CCn1cc(CC(=O)C2COCC2NC)cn1. The monoisotopic (exact) mass is 237 g/mol. The van der Waals surface area contributed by atoms with Crippen LogP contribution >= 0.6 is 0 Å². The number of nitrogens with one attached hydrogen (secondary N) is 1. The van der Waals surface area contributed by atoms with Gasteiger partial charge < -0.3 is 10.1 Å². The van der Waals surface area contributed by atoms with Gasteiger partial charge in [0.15, 0.2) is 0 Å². The van der Waals surface area contributed by atoms with Crippen molar-refractivity contribution in [1.82, 2.24) is 15.1 Å². The second-order valence-corrected chi connectivity index (χ2v) is 4.39. The van der Waals surface area contributed by atoms with Crippen molar-refractivity contribution < 1.29 is 9.53 Å². The van der Waals surface area contributed by atoms with Gasteiger partial charge in [-0.1, -0.05) is 0 Å². The number of hydrogen-bond donors (Lipinski definition) is 1. The van der Waals surface area contributed by atoms with Gasteiger partial charge in [0.2, 0.25) is 0 Å². The van der Waals surface area contributed by atoms with Crippen LogP contribution in [0.2, 0.25) is 0 Å². The van der Waals surface area contributed by atoms with Crippen molar-refractivity contribution in [2.24, 2.45) is 5.92 Å². The van der Waals surface area contributed by atoms with Crippen LogP contribution in [0.25, 0.3) is 0 Å². The Balaban J connectivity index is 1.96. The van der Waals surface area contributed by atoms with Gasteiger partial charge in [-0.3, -0.25) is 9.48 Å². The minimum atomic E-state index is -0.0232. The van der Waals surface area contributed by atoms with E-state index in [1.54, 1.807) is 6.20 Å². The van der Waals surface area contributed by atoms with Crippen molar-refractivity contribution in [2.45, 2.75) is 25.9 Å². The molecule has 0 bridgehead atoms. The number of Topliss-reactive ketones (excluding diaryl/α,β-unsaturated/α-hetero) is 1. The first-order valence-electron chi connectivity index (χ1n) is 6.03. The molecule has 2 unspecified atom stereocenters. The van der Waals surface area contributed by atoms with E-state index in [9.17, 15) is 4.79 Å². The van der Waals surface area contributed by atoms with Crippen LogP contribution in [0.15, 0.2) is 12.4 Å². The molecule has 2 heterocycles. The van der Waals surface area contributed by atoms with Crippen molar-refractivity contribution in [3.63, 3.8) is 0 Å². The van der Waals surface area contributed by atoms with Crippen molar-refractivity contribution in [3.8, 4) is 0 Å². The predicted octanol–water partition coefficient (Wildman–Crippen LogP) is 0.249. The molecule has 1 aliphatic rings. The summed E-state index contributed by atoms with van der Waals surface area (Å²) in [5.74, 6) is 0.211. The first-order chi connectivity index (χ1) is 8.24. The zero-order chi connectivity index (χ0) is 12.3. The Morgan fingerprint density at radius 1 is 1.65 bits per heavy atom. The lowest BCUT2D eigenvalue weighted by Crippen LogP contribution is -2.37. The first-order valence-corrected chi connectivity index (χ1v) is 6.03. The van der Waals surface area contributed by atoms with E-state index >= 15 is 0 Å². The van der Waals surface area contributed by atoms with Crippen LogP contribution < -0.4 is 5.32 Å². The fourth-order valence-corrected chi connectivity index (χ4v) is 2.16. The van der Waals surface area contributed by atoms with E-state index in [-0.39, 0.29) is 17.7 Å². The number of carbonyl (C=O) groups is 1. The van der Waals surface area contributed by atoms with E-state index in [1.807, 2.05) is 24.9 Å². The average Bonchev–Trinajstić information content (AvgIpc) is 2.96. The Kier molecular flexibility index (Phi) is 3.91. The van der Waals surface area contributed by atoms with Gasteiger partial charge in [0, 0.05) is 25.2 Å². The Hall–Kier alpha value is -1.20. The van der Waals surface area contributed by atoms with Crippen LogP contribution in [0.1, 0.15) is 12.5 Å². The third-order valence-electron chi connectivity index (χ3n) is 3.25. The topological polar surface area (TPSA) is 56.1 Å². The smallest absolute Gasteiger partial charge is 0.144 e. The molecule has 2 atom stereocenters. The molecule has 17 heavy (non-hydrogen) atoms. The number of ether oxygens (including phenoxy) is 1. The molecule has 5 nitrogen and oxygen atoms in total. The Morgan fingerprint density at radius 2 is 2.47 bits per heavy atom. The van der Waals surface area contributed by atoms with Crippen molar-refractivity contribution in [2.75, 3.05) is 20.3 Å². The van der Waals surface area contributed by atoms with E-state index < -0.39 is 0 Å². The summed E-state index contributed by atoms with van der Waals surface area (Å²) in [5, 5.41) is 7.30. The van der Waals surface area contributed by atoms with Gasteiger partial charge >= 0.3 is 0 Å². The second kappa shape index (κ2) is 5.42. The van der Waals surface area contributed by atoms with Gasteiger partial charge in [-0.25, -0.2) is 0 Å². The summed E-state index contributed by atoms with van der Waals surface area (Å²) in [7, 11) is 1.87. The number of nitrogens with zero attached hydrogens (tertiary/aromatic N) is 2. The van der Waals surface area contributed by atoms with Crippen molar-refractivity contribution in [3.05, 3.63) is 18.0 Å². The maximum atomic E-state index is 12.1. The summed E-state index contributed by atoms with van der Waals surface area (Å²) < 4.78 is 7.18.